The lowest BCUT2D eigenvalue weighted by molar-refractivity contribution is -0.137. The summed E-state index contributed by atoms with van der Waals surface area (Å²) in [6, 6.07) is 17.4. The van der Waals surface area contributed by atoms with Gasteiger partial charge in [-0.3, -0.25) is 0 Å². The topological polar surface area (TPSA) is 9.23 Å². The maximum Gasteiger partial charge on any atom is 0.416 e. The molecule has 1 aliphatic rings. The molecular formula is C26H19F5O. The highest BCUT2D eigenvalue weighted by molar-refractivity contribution is 5.74. The average Bonchev–Trinajstić information content (AvgIpc) is 3.60. The van der Waals surface area contributed by atoms with E-state index in [9.17, 15) is 17.6 Å². The van der Waals surface area contributed by atoms with E-state index in [-0.39, 0.29) is 11.7 Å². The van der Waals surface area contributed by atoms with Crippen molar-refractivity contribution in [3.05, 3.63) is 107 Å². The average molecular weight is 442 g/mol. The van der Waals surface area contributed by atoms with Crippen LogP contribution < -0.4 is 4.74 Å². The first-order valence-corrected chi connectivity index (χ1v) is 10.1. The van der Waals surface area contributed by atoms with Crippen molar-refractivity contribution >= 4 is 11.6 Å². The number of para-hydroxylation sites is 1. The number of ether oxygens (including phenoxy) is 1. The predicted molar refractivity (Wildman–Crippen MR) is 114 cm³/mol. The Kier molecular flexibility index (Phi) is 6.12. The van der Waals surface area contributed by atoms with Gasteiger partial charge in [0, 0.05) is 0 Å². The van der Waals surface area contributed by atoms with E-state index in [4.69, 9.17) is 4.74 Å². The summed E-state index contributed by atoms with van der Waals surface area (Å²) in [6.45, 7) is 0. The first-order chi connectivity index (χ1) is 15.3. The zero-order valence-electron chi connectivity index (χ0n) is 16.9. The molecule has 3 aromatic rings. The fourth-order valence-corrected chi connectivity index (χ4v) is 3.36. The Morgan fingerprint density at radius 1 is 0.906 bits per heavy atom. The van der Waals surface area contributed by atoms with Gasteiger partial charge >= 0.3 is 6.18 Å². The lowest BCUT2D eigenvalue weighted by Gasteiger charge is -2.10. The molecule has 0 atom stereocenters. The van der Waals surface area contributed by atoms with E-state index in [0.29, 0.717) is 22.4 Å². The largest absolute Gasteiger partial charge is 0.454 e. The molecule has 32 heavy (non-hydrogen) atoms. The standard InChI is InChI=1S/C26H19F5O/c27-22-14-6-17(16-24(22)32-21-4-2-1-3-5-21)7-15-23(28)25(18-8-9-18)19-10-12-20(13-11-19)26(29,30)31/h1-7,10-16,18H,8-9H2. The minimum atomic E-state index is -4.44. The quantitative estimate of drug-likeness (QED) is 0.275. The number of allylic oxidation sites excluding steroid dienone is 3. The molecule has 0 amide bonds. The van der Waals surface area contributed by atoms with E-state index < -0.39 is 23.4 Å². The summed E-state index contributed by atoms with van der Waals surface area (Å²) < 4.78 is 73.2. The van der Waals surface area contributed by atoms with E-state index in [1.54, 1.807) is 24.3 Å². The van der Waals surface area contributed by atoms with Crippen molar-refractivity contribution in [2.45, 2.75) is 19.0 Å². The maximum atomic E-state index is 15.1. The first-order valence-electron chi connectivity index (χ1n) is 10.1. The highest BCUT2D eigenvalue weighted by Gasteiger charge is 2.32. The molecule has 0 saturated heterocycles. The van der Waals surface area contributed by atoms with Crippen LogP contribution in [0.2, 0.25) is 0 Å². The predicted octanol–water partition coefficient (Wildman–Crippen LogP) is 8.44. The van der Waals surface area contributed by atoms with Crippen LogP contribution in [0.4, 0.5) is 22.0 Å². The van der Waals surface area contributed by atoms with E-state index in [2.05, 4.69) is 0 Å². The van der Waals surface area contributed by atoms with Gasteiger partial charge in [0.25, 0.3) is 0 Å². The van der Waals surface area contributed by atoms with Crippen LogP contribution in [0, 0.1) is 11.7 Å². The van der Waals surface area contributed by atoms with Crippen molar-refractivity contribution in [1.82, 2.24) is 0 Å². The number of alkyl halides is 3. The second-order valence-electron chi connectivity index (χ2n) is 7.55. The van der Waals surface area contributed by atoms with E-state index in [0.717, 1.165) is 25.0 Å². The van der Waals surface area contributed by atoms with Gasteiger partial charge in [0.1, 0.15) is 11.6 Å². The van der Waals surface area contributed by atoms with E-state index in [1.807, 2.05) is 6.07 Å². The summed E-state index contributed by atoms with van der Waals surface area (Å²) in [5.41, 5.74) is 0.562. The van der Waals surface area contributed by atoms with Crippen LogP contribution in [0.5, 0.6) is 11.5 Å². The minimum Gasteiger partial charge on any atom is -0.454 e. The van der Waals surface area contributed by atoms with Crippen molar-refractivity contribution in [1.29, 1.82) is 0 Å². The highest BCUT2D eigenvalue weighted by Crippen LogP contribution is 2.45. The van der Waals surface area contributed by atoms with Gasteiger partial charge in [0.15, 0.2) is 11.6 Å². The van der Waals surface area contributed by atoms with Crippen LogP contribution in [0.1, 0.15) is 29.5 Å². The molecule has 0 bridgehead atoms. The molecule has 0 aliphatic heterocycles. The zero-order chi connectivity index (χ0) is 22.7. The fourth-order valence-electron chi connectivity index (χ4n) is 3.36. The third kappa shape index (κ3) is 5.25. The lowest BCUT2D eigenvalue weighted by Crippen LogP contribution is -2.04. The Hall–Kier alpha value is -3.41. The van der Waals surface area contributed by atoms with Gasteiger partial charge in [-0.1, -0.05) is 42.5 Å². The Labute approximate surface area is 182 Å². The maximum absolute atomic E-state index is 15.1. The van der Waals surface area contributed by atoms with Crippen molar-refractivity contribution < 1.29 is 26.7 Å². The summed E-state index contributed by atoms with van der Waals surface area (Å²) in [6.07, 6.45) is -0.140. The summed E-state index contributed by atoms with van der Waals surface area (Å²) in [5.74, 6) is -0.626. The number of hydrogen-bond acceptors (Lipinski definition) is 1. The van der Waals surface area contributed by atoms with Gasteiger partial charge in [-0.2, -0.15) is 13.2 Å². The highest BCUT2D eigenvalue weighted by atomic mass is 19.4. The smallest absolute Gasteiger partial charge is 0.416 e. The van der Waals surface area contributed by atoms with Crippen LogP contribution in [0.25, 0.3) is 11.6 Å². The van der Waals surface area contributed by atoms with Gasteiger partial charge in [-0.15, -0.1) is 0 Å². The monoisotopic (exact) mass is 442 g/mol. The molecule has 0 heterocycles. The van der Waals surface area contributed by atoms with Crippen LogP contribution in [0.15, 0.2) is 84.7 Å². The Morgan fingerprint density at radius 2 is 1.59 bits per heavy atom. The summed E-state index contributed by atoms with van der Waals surface area (Å²) >= 11 is 0. The summed E-state index contributed by atoms with van der Waals surface area (Å²) in [5, 5.41) is 0. The Morgan fingerprint density at radius 3 is 2.22 bits per heavy atom. The molecule has 4 rings (SSSR count). The number of halogens is 5. The van der Waals surface area contributed by atoms with E-state index in [1.165, 1.54) is 42.5 Å². The molecule has 0 radical (unpaired) electrons. The van der Waals surface area contributed by atoms with Gasteiger partial charge in [-0.05, 0) is 77.9 Å². The van der Waals surface area contributed by atoms with Gasteiger partial charge in [-0.25, -0.2) is 8.78 Å². The Bertz CT molecular complexity index is 1140. The number of benzene rings is 3. The third-order valence-electron chi connectivity index (χ3n) is 5.11. The molecule has 164 valence electrons. The second kappa shape index (κ2) is 8.99. The molecule has 1 nitrogen and oxygen atoms in total. The van der Waals surface area contributed by atoms with E-state index >= 15 is 4.39 Å². The molecule has 1 aliphatic carbocycles. The van der Waals surface area contributed by atoms with Crippen molar-refractivity contribution in [2.24, 2.45) is 5.92 Å². The molecule has 0 aromatic heterocycles. The second-order valence-corrected chi connectivity index (χ2v) is 7.55. The molecule has 0 N–H and O–H groups in total. The number of rotatable bonds is 6. The molecule has 3 aromatic carbocycles. The Balaban J connectivity index is 1.59. The van der Waals surface area contributed by atoms with Gasteiger partial charge in [0.05, 0.1) is 5.56 Å². The normalized spacial score (nSPS) is 15.0. The van der Waals surface area contributed by atoms with Crippen LogP contribution in [-0.4, -0.2) is 0 Å². The van der Waals surface area contributed by atoms with Gasteiger partial charge in [0.2, 0.25) is 0 Å². The zero-order valence-corrected chi connectivity index (χ0v) is 16.9. The van der Waals surface area contributed by atoms with Crippen LogP contribution in [-0.2, 0) is 6.18 Å². The van der Waals surface area contributed by atoms with Crippen molar-refractivity contribution in [3.8, 4) is 11.5 Å². The molecule has 0 unspecified atom stereocenters. The first kappa shape index (κ1) is 21.8. The van der Waals surface area contributed by atoms with Crippen LogP contribution in [0.3, 0.4) is 0 Å². The SMILES string of the molecule is FC(C=Cc1ccc(F)c(Oc2ccccc2)c1)=C(c1ccc(C(F)(F)F)cc1)C1CC1. The fraction of sp³-hybridized carbons (Fsp3) is 0.154. The van der Waals surface area contributed by atoms with Crippen LogP contribution >= 0.6 is 0 Å². The molecule has 6 heteroatoms. The van der Waals surface area contributed by atoms with Crippen molar-refractivity contribution in [3.63, 3.8) is 0 Å². The molecule has 1 saturated carbocycles. The minimum absolute atomic E-state index is 0.00731. The number of hydrogen-bond donors (Lipinski definition) is 0. The third-order valence-corrected chi connectivity index (χ3v) is 5.11. The summed E-state index contributed by atoms with van der Waals surface area (Å²) in [4.78, 5) is 0. The summed E-state index contributed by atoms with van der Waals surface area (Å²) in [7, 11) is 0. The molecule has 0 spiro atoms. The molecular weight excluding hydrogens is 423 g/mol. The van der Waals surface area contributed by atoms with Crippen molar-refractivity contribution in [2.75, 3.05) is 0 Å². The molecule has 1 fully saturated rings. The van der Waals surface area contributed by atoms with Gasteiger partial charge < -0.3 is 4.74 Å². The lowest BCUT2D eigenvalue weighted by atomic mass is 9.98.